The first kappa shape index (κ1) is 22.8. The monoisotopic (exact) mass is 415 g/mol. The summed E-state index contributed by atoms with van der Waals surface area (Å²) in [6, 6.07) is 10.5. The molecule has 0 fully saturated rings. The summed E-state index contributed by atoms with van der Waals surface area (Å²) in [4.78, 5) is 7.33. The number of aryl methyl sites for hydroxylation is 2. The third-order valence-corrected chi connectivity index (χ3v) is 6.24. The molecule has 1 aromatic carbocycles. The highest BCUT2D eigenvalue weighted by atomic mass is 32.2. The predicted molar refractivity (Wildman–Crippen MR) is 124 cm³/mol. The molecule has 152 valence electrons. The van der Waals surface area contributed by atoms with Crippen LogP contribution in [-0.4, -0.2) is 20.9 Å². The minimum atomic E-state index is 1.02. The van der Waals surface area contributed by atoms with Crippen molar-refractivity contribution in [1.82, 2.24) is 14.6 Å². The highest BCUT2D eigenvalue weighted by molar-refractivity contribution is 8.02. The van der Waals surface area contributed by atoms with Gasteiger partial charge in [0.1, 0.15) is 5.03 Å². The number of hydrogen-bond acceptors (Lipinski definition) is 4. The Morgan fingerprint density at radius 2 is 1.68 bits per heavy atom. The predicted octanol–water partition coefficient (Wildman–Crippen LogP) is 7.23. The van der Waals surface area contributed by atoms with Crippen LogP contribution in [0.15, 0.2) is 45.1 Å². The number of rotatable bonds is 3. The van der Waals surface area contributed by atoms with Crippen LogP contribution in [0.3, 0.4) is 0 Å². The average Bonchev–Trinajstić information content (AvgIpc) is 3.09. The number of thioether (sulfide) groups is 1. The maximum atomic E-state index is 4.92. The van der Waals surface area contributed by atoms with Crippen molar-refractivity contribution >= 4 is 29.2 Å². The van der Waals surface area contributed by atoms with Gasteiger partial charge < -0.3 is 0 Å². The Kier molecular flexibility index (Phi) is 9.39. The molecule has 0 saturated carbocycles. The minimum absolute atomic E-state index is 1.02. The van der Waals surface area contributed by atoms with Crippen molar-refractivity contribution < 1.29 is 0 Å². The topological polar surface area (TPSA) is 30.2 Å². The lowest BCUT2D eigenvalue weighted by atomic mass is 9.95. The largest absolute Gasteiger partial charge is 0.232 e. The zero-order valence-electron chi connectivity index (χ0n) is 18.1. The molecular weight excluding hydrogens is 382 g/mol. The standard InChI is InChI=1S/C18H19N3S2.C3H8.C2H6/c1-12-14-10-6-7-11-15(14)21-17(19-12)16(18(20-21)22-2)23-13-8-4-3-5-9-13;1-3-2;1-2/h3-5,8-9H,6-7,10-11H2,1-2H3;3H2,1-2H3;1-2H3. The van der Waals surface area contributed by atoms with Crippen molar-refractivity contribution in [3.63, 3.8) is 0 Å². The molecule has 4 rings (SSSR count). The zero-order valence-corrected chi connectivity index (χ0v) is 19.7. The van der Waals surface area contributed by atoms with Gasteiger partial charge in [-0.15, -0.1) is 11.8 Å². The van der Waals surface area contributed by atoms with Gasteiger partial charge in [0.15, 0.2) is 5.65 Å². The highest BCUT2D eigenvalue weighted by Gasteiger charge is 2.22. The van der Waals surface area contributed by atoms with Gasteiger partial charge in [0.25, 0.3) is 0 Å². The summed E-state index contributed by atoms with van der Waals surface area (Å²) in [5.74, 6) is 0. The number of aromatic nitrogens is 3. The van der Waals surface area contributed by atoms with E-state index in [0.29, 0.717) is 0 Å². The second kappa shape index (κ2) is 11.5. The smallest absolute Gasteiger partial charge is 0.170 e. The molecule has 5 heteroatoms. The first-order valence-corrected chi connectivity index (χ1v) is 12.4. The molecule has 2 aromatic heterocycles. The summed E-state index contributed by atoms with van der Waals surface area (Å²) >= 11 is 3.47. The molecule has 0 spiro atoms. The molecule has 0 radical (unpaired) electrons. The van der Waals surface area contributed by atoms with Crippen molar-refractivity contribution in [2.45, 2.75) is 81.5 Å². The molecule has 0 atom stereocenters. The quantitative estimate of drug-likeness (QED) is 0.422. The fourth-order valence-electron chi connectivity index (χ4n) is 3.23. The molecule has 1 aliphatic carbocycles. The first-order valence-electron chi connectivity index (χ1n) is 10.4. The van der Waals surface area contributed by atoms with E-state index in [1.54, 1.807) is 23.5 Å². The third kappa shape index (κ3) is 5.12. The van der Waals surface area contributed by atoms with Crippen LogP contribution < -0.4 is 0 Å². The van der Waals surface area contributed by atoms with Gasteiger partial charge in [-0.05, 0) is 56.6 Å². The molecule has 2 heterocycles. The van der Waals surface area contributed by atoms with Gasteiger partial charge in [0, 0.05) is 16.3 Å². The molecular formula is C23H33N3S2. The van der Waals surface area contributed by atoms with Gasteiger partial charge in [-0.3, -0.25) is 0 Å². The highest BCUT2D eigenvalue weighted by Crippen LogP contribution is 2.38. The SMILES string of the molecule is CC.CCC.CSc1nn2c3c(c(C)nc2c1Sc1ccccc1)CCCC3. The Morgan fingerprint density at radius 3 is 2.32 bits per heavy atom. The summed E-state index contributed by atoms with van der Waals surface area (Å²) in [5.41, 5.74) is 4.97. The molecule has 0 saturated heterocycles. The zero-order chi connectivity index (χ0) is 20.5. The number of benzene rings is 1. The number of fused-ring (bicyclic) bond motifs is 3. The summed E-state index contributed by atoms with van der Waals surface area (Å²) in [6.07, 6.45) is 8.11. The molecule has 0 bridgehead atoms. The van der Waals surface area contributed by atoms with Gasteiger partial charge in [0.2, 0.25) is 0 Å². The van der Waals surface area contributed by atoms with E-state index in [-0.39, 0.29) is 0 Å². The molecule has 3 aromatic rings. The van der Waals surface area contributed by atoms with E-state index in [1.165, 1.54) is 46.0 Å². The Labute approximate surface area is 178 Å². The molecule has 0 N–H and O–H groups in total. The van der Waals surface area contributed by atoms with Crippen molar-refractivity contribution in [2.75, 3.05) is 6.26 Å². The summed E-state index contributed by atoms with van der Waals surface area (Å²) < 4.78 is 2.11. The maximum Gasteiger partial charge on any atom is 0.170 e. The van der Waals surface area contributed by atoms with Crippen LogP contribution in [0.2, 0.25) is 0 Å². The molecule has 0 unspecified atom stereocenters. The fraction of sp³-hybridized carbons (Fsp3) is 0.478. The molecule has 0 aliphatic heterocycles. The van der Waals surface area contributed by atoms with E-state index in [9.17, 15) is 0 Å². The third-order valence-electron chi connectivity index (χ3n) is 4.35. The Morgan fingerprint density at radius 1 is 1.04 bits per heavy atom. The van der Waals surface area contributed by atoms with Gasteiger partial charge in [-0.1, -0.05) is 64.1 Å². The second-order valence-electron chi connectivity index (χ2n) is 6.53. The van der Waals surface area contributed by atoms with E-state index in [2.05, 4.69) is 61.9 Å². The van der Waals surface area contributed by atoms with Crippen LogP contribution in [0.5, 0.6) is 0 Å². The summed E-state index contributed by atoms with van der Waals surface area (Å²) in [5, 5.41) is 5.95. The van der Waals surface area contributed by atoms with Crippen LogP contribution >= 0.6 is 23.5 Å². The summed E-state index contributed by atoms with van der Waals surface area (Å²) in [6.45, 7) is 10.4. The van der Waals surface area contributed by atoms with E-state index < -0.39 is 0 Å². The van der Waals surface area contributed by atoms with E-state index in [0.717, 1.165) is 23.5 Å². The fourth-order valence-corrected chi connectivity index (χ4v) is 4.93. The van der Waals surface area contributed by atoms with E-state index in [1.807, 2.05) is 13.8 Å². The molecule has 0 amide bonds. The van der Waals surface area contributed by atoms with Crippen molar-refractivity contribution in [3.05, 3.63) is 47.3 Å². The van der Waals surface area contributed by atoms with Crippen LogP contribution in [0, 0.1) is 6.92 Å². The van der Waals surface area contributed by atoms with E-state index >= 15 is 0 Å². The lowest BCUT2D eigenvalue weighted by molar-refractivity contribution is 0.632. The molecule has 1 aliphatic rings. The summed E-state index contributed by atoms with van der Waals surface area (Å²) in [7, 11) is 0. The van der Waals surface area contributed by atoms with Crippen LogP contribution in [-0.2, 0) is 12.8 Å². The van der Waals surface area contributed by atoms with Crippen LogP contribution in [0.4, 0.5) is 0 Å². The second-order valence-corrected chi connectivity index (χ2v) is 8.40. The average molecular weight is 416 g/mol. The number of nitrogens with zero attached hydrogens (tertiary/aromatic N) is 3. The van der Waals surface area contributed by atoms with E-state index in [4.69, 9.17) is 10.1 Å². The van der Waals surface area contributed by atoms with Gasteiger partial charge >= 0.3 is 0 Å². The Balaban J connectivity index is 0.000000514. The molecule has 28 heavy (non-hydrogen) atoms. The lowest BCUT2D eigenvalue weighted by Crippen LogP contribution is -2.13. The van der Waals surface area contributed by atoms with Crippen molar-refractivity contribution in [2.24, 2.45) is 0 Å². The van der Waals surface area contributed by atoms with Crippen molar-refractivity contribution in [3.8, 4) is 0 Å². The number of hydrogen-bond donors (Lipinski definition) is 0. The molecule has 3 nitrogen and oxygen atoms in total. The Bertz CT molecular complexity index is 873. The van der Waals surface area contributed by atoms with Crippen LogP contribution in [0.25, 0.3) is 5.65 Å². The van der Waals surface area contributed by atoms with Crippen LogP contribution in [0.1, 0.15) is 63.9 Å². The van der Waals surface area contributed by atoms with Gasteiger partial charge in [-0.2, -0.15) is 5.10 Å². The van der Waals surface area contributed by atoms with Gasteiger partial charge in [0.05, 0.1) is 4.90 Å². The Hall–Kier alpha value is -1.46. The van der Waals surface area contributed by atoms with Crippen molar-refractivity contribution in [1.29, 1.82) is 0 Å². The minimum Gasteiger partial charge on any atom is -0.232 e. The van der Waals surface area contributed by atoms with Gasteiger partial charge in [-0.25, -0.2) is 9.50 Å². The first-order chi connectivity index (χ1) is 13.7. The maximum absolute atomic E-state index is 4.92. The lowest BCUT2D eigenvalue weighted by Gasteiger charge is -2.18. The normalized spacial score (nSPS) is 12.5.